The van der Waals surface area contributed by atoms with Gasteiger partial charge in [0.05, 0.1) is 18.3 Å². The lowest BCUT2D eigenvalue weighted by atomic mass is 10.1. The number of carbonyl (C=O) groups excluding carboxylic acids is 1. The summed E-state index contributed by atoms with van der Waals surface area (Å²) in [6.07, 6.45) is 2.25. The molecule has 0 radical (unpaired) electrons. The fourth-order valence-electron chi connectivity index (χ4n) is 3.49. The Morgan fingerprint density at radius 1 is 1.21 bits per heavy atom. The van der Waals surface area contributed by atoms with Gasteiger partial charge in [-0.15, -0.1) is 0 Å². The van der Waals surface area contributed by atoms with Gasteiger partial charge in [-0.2, -0.15) is 0 Å². The highest BCUT2D eigenvalue weighted by atomic mass is 16.5. The molecule has 1 N–H and O–H groups in total. The van der Waals surface area contributed by atoms with Gasteiger partial charge in [-0.05, 0) is 17.7 Å². The van der Waals surface area contributed by atoms with Crippen LogP contribution in [0.3, 0.4) is 0 Å². The number of fused-ring (bicyclic) bond motifs is 1. The number of hydrogen-bond donors (Lipinski definition) is 1. The smallest absolute Gasteiger partial charge is 0.323 e. The van der Waals surface area contributed by atoms with Crippen LogP contribution in [0.5, 0.6) is 5.75 Å². The molecule has 28 heavy (non-hydrogen) atoms. The third kappa shape index (κ3) is 3.62. The van der Waals surface area contributed by atoms with Crippen molar-refractivity contribution >= 4 is 22.9 Å². The van der Waals surface area contributed by atoms with Crippen molar-refractivity contribution in [1.82, 2.24) is 10.3 Å². The molecule has 142 valence electrons. The number of nitrogens with one attached hydrogen (secondary N) is 1. The average molecular weight is 374 g/mol. The summed E-state index contributed by atoms with van der Waals surface area (Å²) in [6.45, 7) is 4.44. The van der Waals surface area contributed by atoms with Crippen LogP contribution in [0.4, 0.5) is 0 Å². The van der Waals surface area contributed by atoms with Gasteiger partial charge in [0.1, 0.15) is 17.9 Å². The first-order chi connectivity index (χ1) is 13.7. The number of benzene rings is 2. The predicted octanol–water partition coefficient (Wildman–Crippen LogP) is 3.83. The van der Waals surface area contributed by atoms with Crippen LogP contribution in [0.2, 0.25) is 0 Å². The van der Waals surface area contributed by atoms with Gasteiger partial charge >= 0.3 is 5.97 Å². The van der Waals surface area contributed by atoms with Crippen molar-refractivity contribution in [3.8, 4) is 17.0 Å². The summed E-state index contributed by atoms with van der Waals surface area (Å²) in [5.41, 5.74) is 3.74. The van der Waals surface area contributed by atoms with Crippen molar-refractivity contribution < 1.29 is 14.3 Å². The molecule has 3 aromatic rings. The van der Waals surface area contributed by atoms with Crippen molar-refractivity contribution in [2.45, 2.75) is 18.6 Å². The van der Waals surface area contributed by atoms with Gasteiger partial charge < -0.3 is 14.8 Å². The summed E-state index contributed by atoms with van der Waals surface area (Å²) in [4.78, 5) is 16.6. The maximum absolute atomic E-state index is 11.8. The molecule has 1 aromatic heterocycles. The minimum atomic E-state index is -0.333. The van der Waals surface area contributed by atoms with E-state index in [1.54, 1.807) is 6.08 Å². The van der Waals surface area contributed by atoms with Crippen molar-refractivity contribution in [2.24, 2.45) is 0 Å². The molecule has 0 aliphatic carbocycles. The molecular weight excluding hydrogens is 352 g/mol. The van der Waals surface area contributed by atoms with E-state index < -0.39 is 0 Å². The Balaban J connectivity index is 1.72. The van der Waals surface area contributed by atoms with Gasteiger partial charge in [-0.25, -0.2) is 4.98 Å². The molecule has 1 aliphatic rings. The van der Waals surface area contributed by atoms with Gasteiger partial charge in [0.25, 0.3) is 0 Å². The van der Waals surface area contributed by atoms with Crippen LogP contribution in [0.15, 0.2) is 61.2 Å². The normalized spacial score (nSPS) is 18.8. The monoisotopic (exact) mass is 374 g/mol. The molecule has 0 bridgehead atoms. The Hall–Kier alpha value is -3.18. The molecule has 5 nitrogen and oxygen atoms in total. The maximum Gasteiger partial charge on any atom is 0.323 e. The first-order valence-corrected chi connectivity index (χ1v) is 9.28. The summed E-state index contributed by atoms with van der Waals surface area (Å²) >= 11 is 0. The fourth-order valence-corrected chi connectivity index (χ4v) is 3.49. The van der Waals surface area contributed by atoms with Crippen molar-refractivity contribution in [3.05, 3.63) is 66.7 Å². The average Bonchev–Trinajstić information content (AvgIpc) is 3.22. The quantitative estimate of drug-likeness (QED) is 0.688. The second-order valence-electron chi connectivity index (χ2n) is 6.81. The van der Waals surface area contributed by atoms with Crippen LogP contribution < -0.4 is 10.1 Å². The van der Waals surface area contributed by atoms with E-state index >= 15 is 0 Å². The molecule has 0 amide bonds. The first kappa shape index (κ1) is 18.2. The number of pyridine rings is 1. The first-order valence-electron chi connectivity index (χ1n) is 9.28. The van der Waals surface area contributed by atoms with Gasteiger partial charge in [0.2, 0.25) is 0 Å². The molecule has 0 spiro atoms. The van der Waals surface area contributed by atoms with Crippen molar-refractivity contribution in [1.29, 1.82) is 0 Å². The lowest BCUT2D eigenvalue weighted by Gasteiger charge is -2.16. The number of carbonyl (C=O) groups is 1. The van der Waals surface area contributed by atoms with Crippen LogP contribution >= 0.6 is 0 Å². The zero-order valence-electron chi connectivity index (χ0n) is 15.7. The molecule has 2 aromatic carbocycles. The molecule has 4 rings (SSSR count). The Labute approximate surface area is 164 Å². The Morgan fingerprint density at radius 3 is 2.79 bits per heavy atom. The van der Waals surface area contributed by atoms with E-state index in [9.17, 15) is 4.79 Å². The highest BCUT2D eigenvalue weighted by molar-refractivity contribution is 5.89. The van der Waals surface area contributed by atoms with E-state index in [0.717, 1.165) is 33.5 Å². The summed E-state index contributed by atoms with van der Waals surface area (Å²) in [6, 6.07) is 17.7. The van der Waals surface area contributed by atoms with E-state index in [0.29, 0.717) is 13.0 Å². The number of nitrogens with zero attached hydrogens (tertiary/aromatic N) is 1. The van der Waals surface area contributed by atoms with E-state index in [1.807, 2.05) is 54.6 Å². The molecule has 5 heteroatoms. The lowest BCUT2D eigenvalue weighted by Crippen LogP contribution is -2.31. The second-order valence-corrected chi connectivity index (χ2v) is 6.81. The van der Waals surface area contributed by atoms with Crippen LogP contribution in [-0.4, -0.2) is 36.8 Å². The highest BCUT2D eigenvalue weighted by Crippen LogP contribution is 2.32. The number of ether oxygens (including phenoxy) is 2. The summed E-state index contributed by atoms with van der Waals surface area (Å²) in [5, 5.41) is 4.09. The predicted molar refractivity (Wildman–Crippen MR) is 110 cm³/mol. The maximum atomic E-state index is 11.8. The fraction of sp³-hybridized carbons (Fsp3) is 0.217. The van der Waals surface area contributed by atoms with Crippen LogP contribution in [0.1, 0.15) is 12.0 Å². The SMILES string of the molecule is C=Cc1ccc2nc(-c3ccccc3)cc(O[C@H]3CN[C@H](C(=O)OC)C3)c2c1. The molecule has 0 saturated carbocycles. The summed E-state index contributed by atoms with van der Waals surface area (Å²) in [7, 11) is 1.40. The van der Waals surface area contributed by atoms with Gasteiger partial charge in [-0.1, -0.05) is 49.1 Å². The molecule has 2 atom stereocenters. The second kappa shape index (κ2) is 7.82. The molecule has 1 aliphatic heterocycles. The number of rotatable bonds is 5. The third-order valence-corrected chi connectivity index (χ3v) is 4.97. The van der Waals surface area contributed by atoms with Crippen LogP contribution in [-0.2, 0) is 9.53 Å². The topological polar surface area (TPSA) is 60.5 Å². The van der Waals surface area contributed by atoms with Gasteiger partial charge in [0, 0.05) is 30.0 Å². The third-order valence-electron chi connectivity index (χ3n) is 4.97. The van der Waals surface area contributed by atoms with Gasteiger partial charge in [0.15, 0.2) is 0 Å². The number of methoxy groups -OCH3 is 1. The molecule has 1 saturated heterocycles. The number of aromatic nitrogens is 1. The van der Waals surface area contributed by atoms with E-state index in [4.69, 9.17) is 14.5 Å². The lowest BCUT2D eigenvalue weighted by molar-refractivity contribution is -0.142. The summed E-state index contributed by atoms with van der Waals surface area (Å²) in [5.74, 6) is 0.495. The summed E-state index contributed by atoms with van der Waals surface area (Å²) < 4.78 is 11.2. The molecular formula is C23H22N2O3. The zero-order chi connectivity index (χ0) is 19.5. The van der Waals surface area contributed by atoms with Crippen LogP contribution in [0.25, 0.3) is 28.2 Å². The van der Waals surface area contributed by atoms with E-state index in [2.05, 4.69) is 11.9 Å². The Bertz CT molecular complexity index is 1020. The Kier molecular flexibility index (Phi) is 5.08. The molecule has 0 unspecified atom stereocenters. The van der Waals surface area contributed by atoms with E-state index in [-0.39, 0.29) is 18.1 Å². The standard InChI is InChI=1S/C23H22N2O3/c1-3-15-9-10-19-18(11-15)22(13-20(25-19)16-7-5-4-6-8-16)28-17-12-21(24-14-17)23(26)27-2/h3-11,13,17,21,24H,1,12,14H2,2H3/t17-,21+/m1/s1. The molecule has 1 fully saturated rings. The van der Waals surface area contributed by atoms with E-state index in [1.165, 1.54) is 7.11 Å². The number of esters is 1. The minimum Gasteiger partial charge on any atom is -0.488 e. The molecule has 2 heterocycles. The number of hydrogen-bond acceptors (Lipinski definition) is 5. The zero-order valence-corrected chi connectivity index (χ0v) is 15.7. The minimum absolute atomic E-state index is 0.120. The van der Waals surface area contributed by atoms with Crippen LogP contribution in [0, 0.1) is 0 Å². The largest absolute Gasteiger partial charge is 0.488 e. The van der Waals surface area contributed by atoms with Crippen molar-refractivity contribution in [3.63, 3.8) is 0 Å². The Morgan fingerprint density at radius 2 is 2.04 bits per heavy atom. The van der Waals surface area contributed by atoms with Gasteiger partial charge in [-0.3, -0.25) is 4.79 Å². The van der Waals surface area contributed by atoms with Crippen molar-refractivity contribution in [2.75, 3.05) is 13.7 Å². The highest BCUT2D eigenvalue weighted by Gasteiger charge is 2.31.